The molecule has 2 unspecified atom stereocenters. The summed E-state index contributed by atoms with van der Waals surface area (Å²) >= 11 is 0. The van der Waals surface area contributed by atoms with E-state index in [-0.39, 0.29) is 6.10 Å². The van der Waals surface area contributed by atoms with Crippen molar-refractivity contribution in [3.8, 4) is 5.75 Å². The smallest absolute Gasteiger partial charge is 0.137 e. The molecule has 1 saturated heterocycles. The molecule has 3 nitrogen and oxygen atoms in total. The van der Waals surface area contributed by atoms with E-state index in [4.69, 9.17) is 9.47 Å². The molecule has 1 aromatic rings. The number of likely N-dealkylation sites (N-methyl/N-ethyl adjacent to an activating group) is 1. The maximum atomic E-state index is 5.87. The highest BCUT2D eigenvalue weighted by atomic mass is 16.5. The zero-order valence-electron chi connectivity index (χ0n) is 8.98. The van der Waals surface area contributed by atoms with Crippen LogP contribution in [0.5, 0.6) is 5.75 Å². The highest BCUT2D eigenvalue weighted by Crippen LogP contribution is 2.16. The van der Waals surface area contributed by atoms with Gasteiger partial charge in [0, 0.05) is 12.6 Å². The van der Waals surface area contributed by atoms with E-state index in [1.807, 2.05) is 37.4 Å². The first-order valence-corrected chi connectivity index (χ1v) is 5.37. The van der Waals surface area contributed by atoms with E-state index >= 15 is 0 Å². The quantitative estimate of drug-likeness (QED) is 0.813. The van der Waals surface area contributed by atoms with Crippen LogP contribution < -0.4 is 10.1 Å². The summed E-state index contributed by atoms with van der Waals surface area (Å²) in [6, 6.07) is 10.3. The first-order chi connectivity index (χ1) is 7.40. The molecule has 2 rings (SSSR count). The predicted molar refractivity (Wildman–Crippen MR) is 59.1 cm³/mol. The van der Waals surface area contributed by atoms with Gasteiger partial charge in [0.15, 0.2) is 0 Å². The molecule has 82 valence electrons. The first-order valence-electron chi connectivity index (χ1n) is 5.37. The molecule has 1 aliphatic rings. The fourth-order valence-electron chi connectivity index (χ4n) is 1.83. The summed E-state index contributed by atoms with van der Waals surface area (Å²) in [7, 11) is 1.97. The molecule has 0 aliphatic carbocycles. The second kappa shape index (κ2) is 5.14. The molecule has 0 amide bonds. The Balaban J connectivity index is 1.97. The van der Waals surface area contributed by atoms with Crippen LogP contribution in [0.3, 0.4) is 0 Å². The molecular formula is C12H17NO2. The second-order valence-corrected chi connectivity index (χ2v) is 3.73. The predicted octanol–water partition coefficient (Wildman–Crippen LogP) is 1.44. The first kappa shape index (κ1) is 10.5. The minimum atomic E-state index is 0.117. The van der Waals surface area contributed by atoms with Crippen LogP contribution in [-0.4, -0.2) is 32.4 Å². The summed E-state index contributed by atoms with van der Waals surface area (Å²) in [6.07, 6.45) is 1.12. The summed E-state index contributed by atoms with van der Waals surface area (Å²) in [5.74, 6) is 0.910. The zero-order valence-corrected chi connectivity index (χ0v) is 8.98. The molecule has 0 bridgehead atoms. The summed E-state index contributed by atoms with van der Waals surface area (Å²) < 4.78 is 11.3. The maximum absolute atomic E-state index is 5.87. The molecule has 0 spiro atoms. The third-order valence-electron chi connectivity index (χ3n) is 2.71. The van der Waals surface area contributed by atoms with Crippen molar-refractivity contribution < 1.29 is 9.47 Å². The Kier molecular flexibility index (Phi) is 3.59. The van der Waals surface area contributed by atoms with Crippen molar-refractivity contribution in [1.29, 1.82) is 0 Å². The maximum Gasteiger partial charge on any atom is 0.137 e. The van der Waals surface area contributed by atoms with Gasteiger partial charge in [0.1, 0.15) is 11.9 Å². The highest BCUT2D eigenvalue weighted by molar-refractivity contribution is 5.21. The molecule has 0 saturated carbocycles. The zero-order chi connectivity index (χ0) is 10.5. The van der Waals surface area contributed by atoms with Crippen LogP contribution in [0.4, 0.5) is 0 Å². The fraction of sp³-hybridized carbons (Fsp3) is 0.500. The van der Waals surface area contributed by atoms with Gasteiger partial charge in [-0.1, -0.05) is 18.2 Å². The largest absolute Gasteiger partial charge is 0.486 e. The van der Waals surface area contributed by atoms with E-state index in [1.54, 1.807) is 0 Å². The van der Waals surface area contributed by atoms with Crippen molar-refractivity contribution in [2.24, 2.45) is 0 Å². The Morgan fingerprint density at radius 1 is 1.33 bits per heavy atom. The lowest BCUT2D eigenvalue weighted by Gasteiger charge is -2.31. The number of benzene rings is 1. The van der Waals surface area contributed by atoms with Crippen LogP contribution in [0.1, 0.15) is 6.42 Å². The van der Waals surface area contributed by atoms with Crippen molar-refractivity contribution in [1.82, 2.24) is 5.32 Å². The lowest BCUT2D eigenvalue weighted by molar-refractivity contribution is -0.0129. The molecule has 1 N–H and O–H groups in total. The standard InChI is InChI=1S/C12H17NO2/c1-13-11-7-8-14-9-12(11)15-10-5-3-2-4-6-10/h2-6,11-13H,7-9H2,1H3. The lowest BCUT2D eigenvalue weighted by atomic mass is 10.1. The van der Waals surface area contributed by atoms with E-state index in [1.165, 1.54) is 0 Å². The van der Waals surface area contributed by atoms with Crippen LogP contribution >= 0.6 is 0 Å². The normalized spacial score (nSPS) is 26.2. The average molecular weight is 207 g/mol. The van der Waals surface area contributed by atoms with Gasteiger partial charge in [-0.05, 0) is 25.6 Å². The number of hydrogen-bond donors (Lipinski definition) is 1. The molecule has 1 aromatic carbocycles. The van der Waals surface area contributed by atoms with Crippen molar-refractivity contribution in [3.63, 3.8) is 0 Å². The van der Waals surface area contributed by atoms with Gasteiger partial charge in [-0.15, -0.1) is 0 Å². The molecular weight excluding hydrogens is 190 g/mol. The van der Waals surface area contributed by atoms with Crippen molar-refractivity contribution in [2.45, 2.75) is 18.6 Å². The van der Waals surface area contributed by atoms with E-state index in [2.05, 4.69) is 5.32 Å². The van der Waals surface area contributed by atoms with Gasteiger partial charge in [-0.3, -0.25) is 0 Å². The number of para-hydroxylation sites is 1. The summed E-state index contributed by atoms with van der Waals surface area (Å²) in [5.41, 5.74) is 0. The van der Waals surface area contributed by atoms with Gasteiger partial charge in [0.2, 0.25) is 0 Å². The SMILES string of the molecule is CNC1CCOCC1Oc1ccccc1. The fourth-order valence-corrected chi connectivity index (χ4v) is 1.83. The van der Waals surface area contributed by atoms with Crippen LogP contribution in [0, 0.1) is 0 Å². The van der Waals surface area contributed by atoms with E-state index in [9.17, 15) is 0 Å². The van der Waals surface area contributed by atoms with Gasteiger partial charge in [-0.25, -0.2) is 0 Å². The topological polar surface area (TPSA) is 30.5 Å². The Labute approximate surface area is 90.4 Å². The van der Waals surface area contributed by atoms with Crippen LogP contribution in [-0.2, 0) is 4.74 Å². The van der Waals surface area contributed by atoms with Crippen molar-refractivity contribution >= 4 is 0 Å². The van der Waals surface area contributed by atoms with Gasteiger partial charge in [-0.2, -0.15) is 0 Å². The third-order valence-corrected chi connectivity index (χ3v) is 2.71. The molecule has 1 aliphatic heterocycles. The van der Waals surface area contributed by atoms with Gasteiger partial charge >= 0.3 is 0 Å². The third kappa shape index (κ3) is 2.70. The average Bonchev–Trinajstić information content (AvgIpc) is 2.31. The molecule has 0 aromatic heterocycles. The van der Waals surface area contributed by atoms with Crippen LogP contribution in [0.25, 0.3) is 0 Å². The summed E-state index contributed by atoms with van der Waals surface area (Å²) in [4.78, 5) is 0. The minimum Gasteiger partial charge on any atom is -0.486 e. The van der Waals surface area contributed by atoms with Crippen molar-refractivity contribution in [2.75, 3.05) is 20.3 Å². The van der Waals surface area contributed by atoms with Crippen LogP contribution in [0.15, 0.2) is 30.3 Å². The summed E-state index contributed by atoms with van der Waals surface area (Å²) in [6.45, 7) is 1.49. The van der Waals surface area contributed by atoms with Crippen LogP contribution in [0.2, 0.25) is 0 Å². The Hall–Kier alpha value is -1.06. The lowest BCUT2D eigenvalue weighted by Crippen LogP contribution is -2.48. The van der Waals surface area contributed by atoms with E-state index in [0.29, 0.717) is 12.6 Å². The molecule has 1 fully saturated rings. The number of nitrogens with one attached hydrogen (secondary N) is 1. The summed E-state index contributed by atoms with van der Waals surface area (Å²) in [5, 5.41) is 3.27. The molecule has 15 heavy (non-hydrogen) atoms. The van der Waals surface area contributed by atoms with Crippen molar-refractivity contribution in [3.05, 3.63) is 30.3 Å². The molecule has 2 atom stereocenters. The Morgan fingerprint density at radius 2 is 2.13 bits per heavy atom. The van der Waals surface area contributed by atoms with E-state index < -0.39 is 0 Å². The van der Waals surface area contributed by atoms with E-state index in [0.717, 1.165) is 18.8 Å². The number of hydrogen-bond acceptors (Lipinski definition) is 3. The Bertz CT molecular complexity index is 289. The highest BCUT2D eigenvalue weighted by Gasteiger charge is 2.25. The number of rotatable bonds is 3. The molecule has 1 heterocycles. The van der Waals surface area contributed by atoms with Gasteiger partial charge in [0.05, 0.1) is 6.61 Å². The Morgan fingerprint density at radius 3 is 2.87 bits per heavy atom. The number of ether oxygens (including phenoxy) is 2. The molecule has 3 heteroatoms. The monoisotopic (exact) mass is 207 g/mol. The van der Waals surface area contributed by atoms with Gasteiger partial charge < -0.3 is 14.8 Å². The van der Waals surface area contributed by atoms with Gasteiger partial charge in [0.25, 0.3) is 0 Å². The minimum absolute atomic E-state index is 0.117. The second-order valence-electron chi connectivity index (χ2n) is 3.73. The molecule has 0 radical (unpaired) electrons.